The van der Waals surface area contributed by atoms with Crippen LogP contribution in [-0.2, 0) is 5.75 Å². The largest absolute Gasteiger partial charge is 0.372 e. The lowest BCUT2D eigenvalue weighted by Crippen LogP contribution is -1.93. The fourth-order valence-electron chi connectivity index (χ4n) is 1.43. The minimum atomic E-state index is 0. The molecule has 0 amide bonds. The van der Waals surface area contributed by atoms with Gasteiger partial charge < -0.3 is 5.32 Å². The third kappa shape index (κ3) is 3.95. The Morgan fingerprint density at radius 3 is 2.59 bits per heavy atom. The second-order valence-electron chi connectivity index (χ2n) is 3.37. The Bertz CT molecular complexity index is 448. The van der Waals surface area contributed by atoms with Crippen LogP contribution in [0.25, 0.3) is 0 Å². The number of halogens is 1. The van der Waals surface area contributed by atoms with Gasteiger partial charge in [0.25, 0.3) is 0 Å². The molecule has 1 aromatic carbocycles. The van der Waals surface area contributed by atoms with Gasteiger partial charge in [0.2, 0.25) is 0 Å². The van der Waals surface area contributed by atoms with Gasteiger partial charge >= 0.3 is 0 Å². The second-order valence-corrected chi connectivity index (χ2v) is 4.39. The van der Waals surface area contributed by atoms with Gasteiger partial charge in [0.1, 0.15) is 5.82 Å². The molecule has 90 valence electrons. The van der Waals surface area contributed by atoms with E-state index < -0.39 is 0 Å². The summed E-state index contributed by atoms with van der Waals surface area (Å²) in [4.78, 5) is 5.47. The van der Waals surface area contributed by atoms with Crippen molar-refractivity contribution in [1.29, 1.82) is 0 Å². The van der Waals surface area contributed by atoms with E-state index in [1.807, 2.05) is 19.2 Å². The maximum Gasteiger partial charge on any atom is 0.139 e. The van der Waals surface area contributed by atoms with Crippen LogP contribution in [0, 0.1) is 0 Å². The number of aromatic nitrogens is 1. The molecule has 2 nitrogen and oxygen atoms in total. The summed E-state index contributed by atoms with van der Waals surface area (Å²) in [5, 5.41) is 3.10. The molecule has 0 bridgehead atoms. The summed E-state index contributed by atoms with van der Waals surface area (Å²) in [7, 11) is 1.90. The van der Waals surface area contributed by atoms with Crippen molar-refractivity contribution in [3.63, 3.8) is 0 Å². The third-order valence-corrected chi connectivity index (χ3v) is 3.36. The summed E-state index contributed by atoms with van der Waals surface area (Å²) >= 11 is 1.80. The van der Waals surface area contributed by atoms with Crippen molar-refractivity contribution in [2.45, 2.75) is 10.6 Å². The van der Waals surface area contributed by atoms with Crippen LogP contribution < -0.4 is 5.32 Å². The first-order chi connectivity index (χ1) is 7.90. The maximum absolute atomic E-state index is 4.28. The van der Waals surface area contributed by atoms with Gasteiger partial charge in [-0.15, -0.1) is 24.2 Å². The van der Waals surface area contributed by atoms with Gasteiger partial charge in [-0.05, 0) is 17.7 Å². The lowest BCUT2D eigenvalue weighted by Gasteiger charge is -2.06. The molecule has 0 atom stereocenters. The molecule has 17 heavy (non-hydrogen) atoms. The average molecular weight is 267 g/mol. The molecule has 2 rings (SSSR count). The lowest BCUT2D eigenvalue weighted by molar-refractivity contribution is 1.21. The van der Waals surface area contributed by atoms with Crippen LogP contribution in [0.3, 0.4) is 0 Å². The molecule has 0 saturated carbocycles. The Kier molecular flexibility index (Phi) is 5.87. The van der Waals surface area contributed by atoms with Crippen molar-refractivity contribution < 1.29 is 0 Å². The number of pyridine rings is 1. The Morgan fingerprint density at radius 2 is 1.88 bits per heavy atom. The number of nitrogens with one attached hydrogen (secondary N) is 1. The molecule has 2 aromatic rings. The molecule has 0 aliphatic heterocycles. The molecule has 0 spiro atoms. The predicted octanol–water partition coefficient (Wildman–Crippen LogP) is 3.84. The summed E-state index contributed by atoms with van der Waals surface area (Å²) < 4.78 is 0. The van der Waals surface area contributed by atoms with Crippen molar-refractivity contribution in [3.8, 4) is 0 Å². The van der Waals surface area contributed by atoms with Gasteiger partial charge in [-0.3, -0.25) is 0 Å². The lowest BCUT2D eigenvalue weighted by atomic mass is 10.2. The molecule has 0 aliphatic rings. The first-order valence-electron chi connectivity index (χ1n) is 5.19. The summed E-state index contributed by atoms with van der Waals surface area (Å²) in [6.07, 6.45) is 1.80. The molecular formula is C13H15ClN2S. The van der Waals surface area contributed by atoms with Gasteiger partial charge in [-0.25, -0.2) is 4.98 Å². The van der Waals surface area contributed by atoms with Gasteiger partial charge in [-0.2, -0.15) is 0 Å². The predicted molar refractivity (Wildman–Crippen MR) is 77.0 cm³/mol. The first-order valence-corrected chi connectivity index (χ1v) is 6.18. The smallest absolute Gasteiger partial charge is 0.139 e. The molecule has 0 saturated heterocycles. The Labute approximate surface area is 112 Å². The maximum atomic E-state index is 4.28. The molecular weight excluding hydrogens is 252 g/mol. The van der Waals surface area contributed by atoms with Crippen LogP contribution in [0.2, 0.25) is 0 Å². The summed E-state index contributed by atoms with van der Waals surface area (Å²) in [5.41, 5.74) is 1.33. The summed E-state index contributed by atoms with van der Waals surface area (Å²) in [6, 6.07) is 14.5. The number of hydrogen-bond acceptors (Lipinski definition) is 3. The number of thioether (sulfide) groups is 1. The zero-order valence-corrected chi connectivity index (χ0v) is 11.2. The quantitative estimate of drug-likeness (QED) is 0.852. The van der Waals surface area contributed by atoms with Crippen molar-refractivity contribution in [1.82, 2.24) is 4.98 Å². The molecule has 0 aliphatic carbocycles. The van der Waals surface area contributed by atoms with Crippen LogP contribution in [0.4, 0.5) is 5.82 Å². The minimum Gasteiger partial charge on any atom is -0.372 e. The van der Waals surface area contributed by atoms with E-state index in [0.717, 1.165) is 11.6 Å². The zero-order chi connectivity index (χ0) is 11.2. The van der Waals surface area contributed by atoms with Crippen molar-refractivity contribution in [3.05, 3.63) is 54.2 Å². The van der Waals surface area contributed by atoms with Crippen LogP contribution in [0.15, 0.2) is 53.6 Å². The third-order valence-electron chi connectivity index (χ3n) is 2.24. The van der Waals surface area contributed by atoms with E-state index in [1.54, 1.807) is 18.0 Å². The van der Waals surface area contributed by atoms with Crippen LogP contribution >= 0.6 is 24.2 Å². The molecule has 0 radical (unpaired) electrons. The van der Waals surface area contributed by atoms with Crippen LogP contribution in [0.1, 0.15) is 5.56 Å². The second kappa shape index (κ2) is 7.20. The van der Waals surface area contributed by atoms with E-state index in [4.69, 9.17) is 0 Å². The molecule has 4 heteroatoms. The van der Waals surface area contributed by atoms with E-state index in [0.29, 0.717) is 0 Å². The van der Waals surface area contributed by atoms with Crippen LogP contribution in [-0.4, -0.2) is 12.0 Å². The molecule has 1 aromatic heterocycles. The van der Waals surface area contributed by atoms with Crippen molar-refractivity contribution in [2.24, 2.45) is 0 Å². The number of anilines is 1. The van der Waals surface area contributed by atoms with Crippen molar-refractivity contribution in [2.75, 3.05) is 12.4 Å². The van der Waals surface area contributed by atoms with E-state index in [9.17, 15) is 0 Å². The average Bonchev–Trinajstić information content (AvgIpc) is 2.38. The van der Waals surface area contributed by atoms with Gasteiger partial charge in [0, 0.05) is 19.0 Å². The SMILES string of the molecule is CNc1ncccc1SCc1ccccc1.Cl. The highest BCUT2D eigenvalue weighted by Crippen LogP contribution is 2.27. The van der Waals surface area contributed by atoms with E-state index >= 15 is 0 Å². The number of nitrogens with zero attached hydrogens (tertiary/aromatic N) is 1. The Hall–Kier alpha value is -1.19. The fraction of sp³-hybridized carbons (Fsp3) is 0.154. The van der Waals surface area contributed by atoms with Gasteiger partial charge in [-0.1, -0.05) is 30.3 Å². The zero-order valence-electron chi connectivity index (χ0n) is 9.59. The normalized spacial score (nSPS) is 9.47. The first kappa shape index (κ1) is 13.9. The summed E-state index contributed by atoms with van der Waals surface area (Å²) in [6.45, 7) is 0. The monoisotopic (exact) mass is 266 g/mol. The highest BCUT2D eigenvalue weighted by Gasteiger charge is 2.01. The highest BCUT2D eigenvalue weighted by molar-refractivity contribution is 7.98. The van der Waals surface area contributed by atoms with E-state index in [2.05, 4.69) is 40.6 Å². The number of rotatable bonds is 4. The fourth-order valence-corrected chi connectivity index (χ4v) is 2.41. The molecule has 1 heterocycles. The summed E-state index contributed by atoms with van der Waals surface area (Å²) in [5.74, 6) is 1.92. The number of benzene rings is 1. The molecule has 0 fully saturated rings. The van der Waals surface area contributed by atoms with Crippen LogP contribution in [0.5, 0.6) is 0 Å². The number of hydrogen-bond donors (Lipinski definition) is 1. The topological polar surface area (TPSA) is 24.9 Å². The molecule has 0 unspecified atom stereocenters. The van der Waals surface area contributed by atoms with Gasteiger partial charge in [0.05, 0.1) is 4.90 Å². The Balaban J connectivity index is 0.00000144. The van der Waals surface area contributed by atoms with Crippen molar-refractivity contribution >= 4 is 30.0 Å². The van der Waals surface area contributed by atoms with E-state index in [-0.39, 0.29) is 12.4 Å². The molecule has 1 N–H and O–H groups in total. The standard InChI is InChI=1S/C13H14N2S.ClH/c1-14-13-12(8-5-9-15-13)16-10-11-6-3-2-4-7-11;/h2-9H,10H2,1H3,(H,14,15);1H. The van der Waals surface area contributed by atoms with E-state index in [1.165, 1.54) is 10.5 Å². The minimum absolute atomic E-state index is 0. The van der Waals surface area contributed by atoms with Gasteiger partial charge in [0.15, 0.2) is 0 Å². The Morgan fingerprint density at radius 1 is 1.12 bits per heavy atom. The highest BCUT2D eigenvalue weighted by atomic mass is 35.5.